The summed E-state index contributed by atoms with van der Waals surface area (Å²) in [5.74, 6) is 0.697. The zero-order valence-corrected chi connectivity index (χ0v) is 10.8. The fourth-order valence-corrected chi connectivity index (χ4v) is 2.84. The number of aromatic amines is 1. The van der Waals surface area contributed by atoms with Gasteiger partial charge in [-0.2, -0.15) is 0 Å². The quantitative estimate of drug-likeness (QED) is 0.867. The highest BCUT2D eigenvalue weighted by Crippen LogP contribution is 2.46. The highest BCUT2D eigenvalue weighted by Gasteiger charge is 2.35. The van der Waals surface area contributed by atoms with Gasteiger partial charge in [-0.15, -0.1) is 0 Å². The molecule has 2 aromatic rings. The van der Waals surface area contributed by atoms with Crippen molar-refractivity contribution in [3.63, 3.8) is 0 Å². The second kappa shape index (κ2) is 4.61. The third-order valence-electron chi connectivity index (χ3n) is 3.91. The molecule has 0 amide bonds. The molecule has 4 heteroatoms. The minimum atomic E-state index is -0.728. The Balaban J connectivity index is 2.05. The van der Waals surface area contributed by atoms with Gasteiger partial charge in [-0.1, -0.05) is 12.1 Å². The first-order valence-corrected chi connectivity index (χ1v) is 6.56. The summed E-state index contributed by atoms with van der Waals surface area (Å²) in [6.07, 6.45) is 4.41. The van der Waals surface area contributed by atoms with Crippen LogP contribution in [0.1, 0.15) is 30.7 Å². The molecule has 1 saturated carbocycles. The number of hydrogen-bond donors (Lipinski definition) is 2. The zero-order valence-electron chi connectivity index (χ0n) is 10.8. The summed E-state index contributed by atoms with van der Waals surface area (Å²) in [5, 5.41) is 10.2. The van der Waals surface area contributed by atoms with Gasteiger partial charge in [0.05, 0.1) is 19.0 Å². The third-order valence-corrected chi connectivity index (χ3v) is 3.91. The molecule has 3 rings (SSSR count). The standard InChI is InChI=1S/C15H17NO3/c1-19-13-4-2-3-10-12(8-16-15(10)13)11(7-14(17)18)9-5-6-9/h2-4,8-9,11,16H,5-7H2,1H3,(H,17,18). The Morgan fingerprint density at radius 3 is 2.95 bits per heavy atom. The first kappa shape index (κ1) is 12.1. The molecule has 0 bridgehead atoms. The Hall–Kier alpha value is -1.97. The number of carboxylic acids is 1. The number of benzene rings is 1. The lowest BCUT2D eigenvalue weighted by atomic mass is 9.91. The molecule has 1 unspecified atom stereocenters. The normalized spacial score (nSPS) is 16.5. The van der Waals surface area contributed by atoms with Crippen LogP contribution >= 0.6 is 0 Å². The summed E-state index contributed by atoms with van der Waals surface area (Å²) in [7, 11) is 1.64. The van der Waals surface area contributed by atoms with Crippen LogP contribution in [0, 0.1) is 5.92 Å². The molecule has 1 aliphatic rings. The van der Waals surface area contributed by atoms with Crippen molar-refractivity contribution < 1.29 is 14.6 Å². The van der Waals surface area contributed by atoms with E-state index in [9.17, 15) is 4.79 Å². The van der Waals surface area contributed by atoms with Crippen molar-refractivity contribution in [2.75, 3.05) is 7.11 Å². The molecule has 2 N–H and O–H groups in total. The highest BCUT2D eigenvalue weighted by atomic mass is 16.5. The van der Waals surface area contributed by atoms with Crippen LogP contribution in [-0.2, 0) is 4.79 Å². The van der Waals surface area contributed by atoms with Crippen LogP contribution in [0.4, 0.5) is 0 Å². The number of aliphatic carboxylic acids is 1. The molecule has 19 heavy (non-hydrogen) atoms. The number of methoxy groups -OCH3 is 1. The second-order valence-corrected chi connectivity index (χ2v) is 5.17. The fourth-order valence-electron chi connectivity index (χ4n) is 2.84. The number of ether oxygens (including phenoxy) is 1. The maximum atomic E-state index is 11.1. The monoisotopic (exact) mass is 259 g/mol. The van der Waals surface area contributed by atoms with E-state index in [1.807, 2.05) is 24.4 Å². The minimum Gasteiger partial charge on any atom is -0.495 e. The van der Waals surface area contributed by atoms with Crippen LogP contribution in [-0.4, -0.2) is 23.2 Å². The van der Waals surface area contributed by atoms with E-state index in [1.165, 1.54) is 0 Å². The molecule has 0 saturated heterocycles. The van der Waals surface area contributed by atoms with Crippen LogP contribution in [0.3, 0.4) is 0 Å². The fraction of sp³-hybridized carbons (Fsp3) is 0.400. The maximum absolute atomic E-state index is 11.1. The lowest BCUT2D eigenvalue weighted by Crippen LogP contribution is -2.07. The Morgan fingerprint density at radius 1 is 1.53 bits per heavy atom. The number of aromatic nitrogens is 1. The van der Waals surface area contributed by atoms with E-state index in [0.29, 0.717) is 5.92 Å². The Bertz CT molecular complexity index is 613. The topological polar surface area (TPSA) is 62.3 Å². The Labute approximate surface area is 111 Å². The predicted octanol–water partition coefficient (Wildman–Crippen LogP) is 3.14. The molecule has 4 nitrogen and oxygen atoms in total. The molecule has 100 valence electrons. The largest absolute Gasteiger partial charge is 0.495 e. The average molecular weight is 259 g/mol. The average Bonchev–Trinajstić information content (AvgIpc) is 3.14. The van der Waals surface area contributed by atoms with Gasteiger partial charge in [-0.05, 0) is 36.3 Å². The number of rotatable bonds is 5. The Morgan fingerprint density at radius 2 is 2.32 bits per heavy atom. The molecule has 1 atom stereocenters. The number of carbonyl (C=O) groups is 1. The van der Waals surface area contributed by atoms with Gasteiger partial charge in [0.2, 0.25) is 0 Å². The summed E-state index contributed by atoms with van der Waals surface area (Å²) in [5.41, 5.74) is 2.06. The van der Waals surface area contributed by atoms with Crippen LogP contribution in [0.2, 0.25) is 0 Å². The first-order valence-electron chi connectivity index (χ1n) is 6.56. The van der Waals surface area contributed by atoms with Crippen LogP contribution in [0.25, 0.3) is 10.9 Å². The lowest BCUT2D eigenvalue weighted by molar-refractivity contribution is -0.137. The van der Waals surface area contributed by atoms with Gasteiger partial charge in [0.25, 0.3) is 0 Å². The first-order chi connectivity index (χ1) is 9.20. The molecular formula is C15H17NO3. The van der Waals surface area contributed by atoms with E-state index in [-0.39, 0.29) is 12.3 Å². The maximum Gasteiger partial charge on any atom is 0.303 e. The second-order valence-electron chi connectivity index (χ2n) is 5.17. The number of para-hydroxylation sites is 1. The van der Waals surface area contributed by atoms with Crippen molar-refractivity contribution >= 4 is 16.9 Å². The molecule has 1 aliphatic carbocycles. The van der Waals surface area contributed by atoms with Crippen LogP contribution in [0.5, 0.6) is 5.75 Å². The van der Waals surface area contributed by atoms with Gasteiger partial charge >= 0.3 is 5.97 Å². The molecule has 0 radical (unpaired) electrons. The number of hydrogen-bond acceptors (Lipinski definition) is 2. The SMILES string of the molecule is COc1cccc2c(C(CC(=O)O)C3CC3)c[nH]c12. The summed E-state index contributed by atoms with van der Waals surface area (Å²) in [6.45, 7) is 0. The molecule has 1 aromatic heterocycles. The number of carboxylic acid groups (broad SMARTS) is 1. The number of fused-ring (bicyclic) bond motifs is 1. The van der Waals surface area contributed by atoms with Crippen molar-refractivity contribution in [1.29, 1.82) is 0 Å². The van der Waals surface area contributed by atoms with E-state index < -0.39 is 5.97 Å². The Kier molecular flexibility index (Phi) is 2.93. The summed E-state index contributed by atoms with van der Waals surface area (Å²) in [4.78, 5) is 14.3. The van der Waals surface area contributed by atoms with Crippen molar-refractivity contribution in [1.82, 2.24) is 4.98 Å². The van der Waals surface area contributed by atoms with E-state index in [0.717, 1.165) is 35.1 Å². The minimum absolute atomic E-state index is 0.110. The number of H-pyrrole nitrogens is 1. The molecule has 1 aromatic carbocycles. The highest BCUT2D eigenvalue weighted by molar-refractivity contribution is 5.89. The van der Waals surface area contributed by atoms with Crippen molar-refractivity contribution in [2.45, 2.75) is 25.2 Å². The molecule has 1 heterocycles. The van der Waals surface area contributed by atoms with Crippen LogP contribution in [0.15, 0.2) is 24.4 Å². The number of nitrogens with one attached hydrogen (secondary N) is 1. The van der Waals surface area contributed by atoms with Crippen LogP contribution < -0.4 is 4.74 Å². The predicted molar refractivity (Wildman–Crippen MR) is 72.6 cm³/mol. The van der Waals surface area contributed by atoms with Crippen molar-refractivity contribution in [3.8, 4) is 5.75 Å². The molecule has 0 aliphatic heterocycles. The molecule has 0 spiro atoms. The molecule has 1 fully saturated rings. The van der Waals surface area contributed by atoms with Crippen molar-refractivity contribution in [2.24, 2.45) is 5.92 Å². The van der Waals surface area contributed by atoms with E-state index >= 15 is 0 Å². The van der Waals surface area contributed by atoms with E-state index in [4.69, 9.17) is 9.84 Å². The third kappa shape index (κ3) is 2.18. The zero-order chi connectivity index (χ0) is 13.4. The van der Waals surface area contributed by atoms with Gasteiger partial charge in [0.1, 0.15) is 5.75 Å². The van der Waals surface area contributed by atoms with Gasteiger partial charge < -0.3 is 14.8 Å². The smallest absolute Gasteiger partial charge is 0.303 e. The van der Waals surface area contributed by atoms with Gasteiger partial charge in [-0.3, -0.25) is 4.79 Å². The van der Waals surface area contributed by atoms with Crippen molar-refractivity contribution in [3.05, 3.63) is 30.0 Å². The van der Waals surface area contributed by atoms with Gasteiger partial charge in [0.15, 0.2) is 0 Å². The lowest BCUT2D eigenvalue weighted by Gasteiger charge is -2.13. The van der Waals surface area contributed by atoms with E-state index in [1.54, 1.807) is 7.11 Å². The summed E-state index contributed by atoms with van der Waals surface area (Å²) < 4.78 is 5.33. The summed E-state index contributed by atoms with van der Waals surface area (Å²) >= 11 is 0. The van der Waals surface area contributed by atoms with Gasteiger partial charge in [0, 0.05) is 11.6 Å². The van der Waals surface area contributed by atoms with E-state index in [2.05, 4.69) is 4.98 Å². The van der Waals surface area contributed by atoms with Gasteiger partial charge in [-0.25, -0.2) is 0 Å². The molecular weight excluding hydrogens is 242 g/mol. The summed E-state index contributed by atoms with van der Waals surface area (Å²) in [6, 6.07) is 5.89.